The van der Waals surface area contributed by atoms with Gasteiger partial charge in [-0.05, 0) is 37.8 Å². The normalized spacial score (nSPS) is 17.1. The molecule has 2 N–H and O–H groups in total. The van der Waals surface area contributed by atoms with E-state index in [-0.39, 0.29) is 24.7 Å². The molecule has 2 aromatic heterocycles. The third-order valence-electron chi connectivity index (χ3n) is 4.66. The quantitative estimate of drug-likeness (QED) is 0.804. The number of carbonyl (C=O) groups excluding carboxylic acids is 1. The first-order chi connectivity index (χ1) is 13.7. The number of rotatable bonds is 3. The van der Waals surface area contributed by atoms with Crippen molar-refractivity contribution in [3.8, 4) is 11.3 Å². The van der Waals surface area contributed by atoms with Gasteiger partial charge in [-0.25, -0.2) is 14.8 Å². The van der Waals surface area contributed by atoms with Crippen LogP contribution in [0.2, 0.25) is 0 Å². The number of aromatic nitrogens is 3. The highest BCUT2D eigenvalue weighted by Crippen LogP contribution is 2.35. The summed E-state index contributed by atoms with van der Waals surface area (Å²) in [6, 6.07) is 1.04. The predicted molar refractivity (Wildman–Crippen MR) is 99.9 cm³/mol. The molecule has 0 saturated carbocycles. The minimum atomic E-state index is -4.41. The molecule has 1 amide bonds. The first-order valence-electron chi connectivity index (χ1n) is 8.95. The van der Waals surface area contributed by atoms with Crippen LogP contribution in [-0.4, -0.2) is 46.9 Å². The topological polar surface area (TPSA) is 100 Å². The Morgan fingerprint density at radius 1 is 1.34 bits per heavy atom. The van der Waals surface area contributed by atoms with E-state index < -0.39 is 23.9 Å². The number of aryl methyl sites for hydroxylation is 1. The lowest BCUT2D eigenvalue weighted by Gasteiger charge is -2.38. The van der Waals surface area contributed by atoms with Gasteiger partial charge < -0.3 is 14.6 Å². The molecule has 0 spiro atoms. The number of hydrogen-bond acceptors (Lipinski definition) is 6. The lowest BCUT2D eigenvalue weighted by atomic mass is 10.0. The summed E-state index contributed by atoms with van der Waals surface area (Å²) in [5.41, 5.74) is 0.676. The monoisotopic (exact) mass is 411 g/mol. The highest BCUT2D eigenvalue weighted by Gasteiger charge is 2.45. The molecule has 3 rings (SSSR count). The maximum absolute atomic E-state index is 13.5. The first kappa shape index (κ1) is 20.6. The van der Waals surface area contributed by atoms with Crippen molar-refractivity contribution in [3.63, 3.8) is 0 Å². The van der Waals surface area contributed by atoms with E-state index in [1.54, 1.807) is 6.92 Å². The number of amides is 1. The van der Waals surface area contributed by atoms with Gasteiger partial charge in [-0.15, -0.1) is 0 Å². The SMILES string of the molecule is COC(=O)Nc1ncc(C)c(-c2cc(N3CCCC[C@@H]3C(F)(F)F)[nH]c(=O)c2)n1. The molecule has 0 aliphatic carbocycles. The summed E-state index contributed by atoms with van der Waals surface area (Å²) < 4.78 is 44.9. The zero-order valence-electron chi connectivity index (χ0n) is 15.8. The van der Waals surface area contributed by atoms with Crippen LogP contribution in [0, 0.1) is 6.92 Å². The number of alkyl halides is 3. The number of methoxy groups -OCH3 is 1. The van der Waals surface area contributed by atoms with Crippen LogP contribution in [0.3, 0.4) is 0 Å². The number of carbonyl (C=O) groups is 1. The van der Waals surface area contributed by atoms with Crippen molar-refractivity contribution in [2.45, 2.75) is 38.4 Å². The Hall–Kier alpha value is -3.11. The lowest BCUT2D eigenvalue weighted by Crippen LogP contribution is -2.49. The molecule has 156 valence electrons. The van der Waals surface area contributed by atoms with Gasteiger partial charge in [0.2, 0.25) is 11.5 Å². The molecule has 0 unspecified atom stereocenters. The standard InChI is InChI=1S/C18H20F3N5O3/c1-10-9-22-16(25-17(28)29-2)24-15(10)11-7-13(23-14(27)8-11)26-6-4-3-5-12(26)18(19,20)21/h7-9,12H,3-6H2,1-2H3,(H,23,27)(H,22,24,25,28)/t12-/m1/s1. The van der Waals surface area contributed by atoms with Crippen molar-refractivity contribution in [2.75, 3.05) is 23.9 Å². The average molecular weight is 411 g/mol. The molecule has 0 aromatic carbocycles. The van der Waals surface area contributed by atoms with Crippen molar-refractivity contribution >= 4 is 17.9 Å². The highest BCUT2D eigenvalue weighted by molar-refractivity contribution is 5.82. The maximum Gasteiger partial charge on any atom is 0.413 e. The second-order valence-electron chi connectivity index (χ2n) is 6.71. The maximum atomic E-state index is 13.5. The van der Waals surface area contributed by atoms with E-state index in [1.165, 1.54) is 30.3 Å². The molecular weight excluding hydrogens is 391 g/mol. The number of piperidine rings is 1. The molecular formula is C18H20F3N5O3. The summed E-state index contributed by atoms with van der Waals surface area (Å²) in [7, 11) is 1.18. The zero-order valence-corrected chi connectivity index (χ0v) is 15.8. The van der Waals surface area contributed by atoms with Gasteiger partial charge in [-0.1, -0.05) is 0 Å². The highest BCUT2D eigenvalue weighted by atomic mass is 19.4. The second kappa shape index (κ2) is 8.10. The van der Waals surface area contributed by atoms with Gasteiger partial charge in [0.25, 0.3) is 0 Å². The first-order valence-corrected chi connectivity index (χ1v) is 8.95. The molecule has 1 aliphatic heterocycles. The van der Waals surface area contributed by atoms with E-state index in [9.17, 15) is 22.8 Å². The Balaban J connectivity index is 2.02. The van der Waals surface area contributed by atoms with Gasteiger partial charge in [0, 0.05) is 24.4 Å². The minimum absolute atomic E-state index is 0.0323. The molecule has 11 heteroatoms. The van der Waals surface area contributed by atoms with E-state index in [0.717, 1.165) is 0 Å². The smallest absolute Gasteiger partial charge is 0.413 e. The van der Waals surface area contributed by atoms with Crippen molar-refractivity contribution in [1.29, 1.82) is 0 Å². The molecule has 1 fully saturated rings. The molecule has 1 aliphatic rings. The Kier molecular flexibility index (Phi) is 5.76. The number of pyridine rings is 1. The predicted octanol–water partition coefficient (Wildman–Crippen LogP) is 3.24. The van der Waals surface area contributed by atoms with Crippen molar-refractivity contribution < 1.29 is 22.7 Å². The summed E-state index contributed by atoms with van der Waals surface area (Å²) in [5.74, 6) is 0.0282. The van der Waals surface area contributed by atoms with Crippen LogP contribution in [0.1, 0.15) is 24.8 Å². The number of ether oxygens (including phenoxy) is 1. The largest absolute Gasteiger partial charge is 0.453 e. The Morgan fingerprint density at radius 3 is 2.79 bits per heavy atom. The summed E-state index contributed by atoms with van der Waals surface area (Å²) in [6.45, 7) is 1.87. The number of hydrogen-bond donors (Lipinski definition) is 2. The fourth-order valence-corrected chi connectivity index (χ4v) is 3.32. The van der Waals surface area contributed by atoms with Gasteiger partial charge >= 0.3 is 12.3 Å². The molecule has 8 nitrogen and oxygen atoms in total. The fraction of sp³-hybridized carbons (Fsp3) is 0.444. The third kappa shape index (κ3) is 4.66. The Bertz CT molecular complexity index is 960. The van der Waals surface area contributed by atoms with Gasteiger partial charge in [0.1, 0.15) is 11.9 Å². The molecule has 3 heterocycles. The van der Waals surface area contributed by atoms with Gasteiger partial charge in [-0.2, -0.15) is 13.2 Å². The molecule has 29 heavy (non-hydrogen) atoms. The van der Waals surface area contributed by atoms with Crippen LogP contribution in [0.5, 0.6) is 0 Å². The van der Waals surface area contributed by atoms with Crippen molar-refractivity contribution in [1.82, 2.24) is 15.0 Å². The van der Waals surface area contributed by atoms with Gasteiger partial charge in [-0.3, -0.25) is 10.1 Å². The van der Waals surface area contributed by atoms with Crippen molar-refractivity contribution in [3.05, 3.63) is 34.2 Å². The number of H-pyrrole nitrogens is 1. The lowest BCUT2D eigenvalue weighted by molar-refractivity contribution is -0.152. The van der Waals surface area contributed by atoms with Crippen LogP contribution < -0.4 is 15.8 Å². The van der Waals surface area contributed by atoms with Crippen LogP contribution in [-0.2, 0) is 4.74 Å². The summed E-state index contributed by atoms with van der Waals surface area (Å²) in [6.07, 6.45) is -2.71. The molecule has 1 atom stereocenters. The number of halogens is 3. The van der Waals surface area contributed by atoms with Crippen LogP contribution in [0.4, 0.5) is 29.7 Å². The van der Waals surface area contributed by atoms with E-state index in [1.807, 2.05) is 0 Å². The van der Waals surface area contributed by atoms with Crippen molar-refractivity contribution in [2.24, 2.45) is 0 Å². The molecule has 1 saturated heterocycles. The Labute approximate surface area is 164 Å². The summed E-state index contributed by atoms with van der Waals surface area (Å²) in [4.78, 5) is 35.4. The number of anilines is 2. The van der Waals surface area contributed by atoms with E-state index in [0.29, 0.717) is 29.7 Å². The molecule has 2 aromatic rings. The van der Waals surface area contributed by atoms with E-state index in [4.69, 9.17) is 0 Å². The summed E-state index contributed by atoms with van der Waals surface area (Å²) in [5, 5.41) is 2.32. The van der Waals surface area contributed by atoms with Crippen LogP contribution in [0.15, 0.2) is 23.1 Å². The second-order valence-corrected chi connectivity index (χ2v) is 6.71. The number of aromatic amines is 1. The van der Waals surface area contributed by atoms with Crippen LogP contribution in [0.25, 0.3) is 11.3 Å². The third-order valence-corrected chi connectivity index (χ3v) is 4.66. The van der Waals surface area contributed by atoms with Gasteiger partial charge in [0.05, 0.1) is 12.8 Å². The number of nitrogens with zero attached hydrogens (tertiary/aromatic N) is 3. The minimum Gasteiger partial charge on any atom is -0.453 e. The Morgan fingerprint density at radius 2 is 2.10 bits per heavy atom. The summed E-state index contributed by atoms with van der Waals surface area (Å²) >= 11 is 0. The zero-order chi connectivity index (χ0) is 21.2. The number of nitrogens with one attached hydrogen (secondary N) is 2. The molecule has 0 radical (unpaired) electrons. The van der Waals surface area contributed by atoms with Crippen LogP contribution >= 0.6 is 0 Å². The average Bonchev–Trinajstić information content (AvgIpc) is 2.68. The van der Waals surface area contributed by atoms with Gasteiger partial charge in [0.15, 0.2) is 0 Å². The fourth-order valence-electron chi connectivity index (χ4n) is 3.32. The molecule has 0 bridgehead atoms. The van der Waals surface area contributed by atoms with E-state index in [2.05, 4.69) is 25.0 Å². The van der Waals surface area contributed by atoms with E-state index >= 15 is 0 Å².